The Morgan fingerprint density at radius 1 is 1.57 bits per heavy atom. The molecule has 0 bridgehead atoms. The van der Waals surface area contributed by atoms with Crippen molar-refractivity contribution in [1.29, 1.82) is 0 Å². The molecule has 0 spiro atoms. The van der Waals surface area contributed by atoms with Gasteiger partial charge in [0, 0.05) is 26.2 Å². The number of carbonyl (C=O) groups is 1. The van der Waals surface area contributed by atoms with Gasteiger partial charge in [-0.2, -0.15) is 0 Å². The van der Waals surface area contributed by atoms with Crippen LogP contribution in [0.4, 0.5) is 0 Å². The molecule has 0 aliphatic carbocycles. The Kier molecular flexibility index (Phi) is 4.07. The van der Waals surface area contributed by atoms with Crippen molar-refractivity contribution in [2.75, 3.05) is 13.6 Å². The molecule has 14 heavy (non-hydrogen) atoms. The lowest BCUT2D eigenvalue weighted by Crippen LogP contribution is -2.28. The van der Waals surface area contributed by atoms with Gasteiger partial charge in [0.15, 0.2) is 0 Å². The van der Waals surface area contributed by atoms with E-state index < -0.39 is 0 Å². The number of nitrogens with two attached hydrogens (primary N) is 1. The van der Waals surface area contributed by atoms with E-state index in [1.807, 2.05) is 18.2 Å². The number of hydrogen-bond acceptors (Lipinski definition) is 3. The Labute approximate surface area is 83.7 Å². The van der Waals surface area contributed by atoms with E-state index in [1.54, 1.807) is 18.1 Å². The van der Waals surface area contributed by atoms with Gasteiger partial charge in [0.1, 0.15) is 0 Å². The second-order valence-electron chi connectivity index (χ2n) is 3.11. The number of nitrogens with zero attached hydrogens (tertiary/aromatic N) is 2. The van der Waals surface area contributed by atoms with Gasteiger partial charge in [0.2, 0.25) is 5.91 Å². The van der Waals surface area contributed by atoms with Gasteiger partial charge >= 0.3 is 0 Å². The van der Waals surface area contributed by atoms with Crippen molar-refractivity contribution < 1.29 is 4.79 Å². The largest absolute Gasteiger partial charge is 0.340 e. The van der Waals surface area contributed by atoms with E-state index in [9.17, 15) is 4.79 Å². The Bertz CT molecular complexity index is 287. The first-order valence-corrected chi connectivity index (χ1v) is 4.58. The molecule has 4 nitrogen and oxygen atoms in total. The van der Waals surface area contributed by atoms with Crippen LogP contribution >= 0.6 is 0 Å². The second-order valence-corrected chi connectivity index (χ2v) is 3.11. The maximum Gasteiger partial charge on any atom is 0.223 e. The van der Waals surface area contributed by atoms with Gasteiger partial charge in [0.05, 0.1) is 12.2 Å². The zero-order chi connectivity index (χ0) is 10.4. The minimum absolute atomic E-state index is 0.0538. The highest BCUT2D eigenvalue weighted by atomic mass is 16.2. The quantitative estimate of drug-likeness (QED) is 0.752. The molecule has 0 fully saturated rings. The molecule has 0 saturated carbocycles. The molecule has 76 valence electrons. The standard InChI is InChI=1S/C10H15N3O/c1-13(10(14)5-6-11)8-9-4-2-3-7-12-9/h2-4,7H,5-6,8,11H2,1H3. The summed E-state index contributed by atoms with van der Waals surface area (Å²) in [6.45, 7) is 0.936. The molecule has 4 heteroatoms. The third-order valence-electron chi connectivity index (χ3n) is 1.91. The van der Waals surface area contributed by atoms with Crippen molar-refractivity contribution in [3.05, 3.63) is 30.1 Å². The number of amides is 1. The van der Waals surface area contributed by atoms with Gasteiger partial charge in [-0.3, -0.25) is 9.78 Å². The molecular formula is C10H15N3O. The van der Waals surface area contributed by atoms with Gasteiger partial charge in [0.25, 0.3) is 0 Å². The molecular weight excluding hydrogens is 178 g/mol. The van der Waals surface area contributed by atoms with E-state index >= 15 is 0 Å². The van der Waals surface area contributed by atoms with Crippen LogP contribution in [0.25, 0.3) is 0 Å². The fourth-order valence-corrected chi connectivity index (χ4v) is 1.14. The molecule has 1 aromatic heterocycles. The highest BCUT2D eigenvalue weighted by Crippen LogP contribution is 1.99. The number of carbonyl (C=O) groups excluding carboxylic acids is 1. The first-order chi connectivity index (χ1) is 6.74. The summed E-state index contributed by atoms with van der Waals surface area (Å²) >= 11 is 0. The fourth-order valence-electron chi connectivity index (χ4n) is 1.14. The van der Waals surface area contributed by atoms with Crippen molar-refractivity contribution in [3.8, 4) is 0 Å². The smallest absolute Gasteiger partial charge is 0.223 e. The Morgan fingerprint density at radius 2 is 2.36 bits per heavy atom. The van der Waals surface area contributed by atoms with Crippen molar-refractivity contribution >= 4 is 5.91 Å². The van der Waals surface area contributed by atoms with Crippen molar-refractivity contribution in [2.24, 2.45) is 5.73 Å². The average molecular weight is 193 g/mol. The van der Waals surface area contributed by atoms with Crippen LogP contribution in [0.2, 0.25) is 0 Å². The minimum atomic E-state index is 0.0538. The number of aromatic nitrogens is 1. The zero-order valence-corrected chi connectivity index (χ0v) is 8.31. The van der Waals surface area contributed by atoms with E-state index in [0.717, 1.165) is 5.69 Å². The lowest BCUT2D eigenvalue weighted by molar-refractivity contribution is -0.130. The summed E-state index contributed by atoms with van der Waals surface area (Å²) in [6, 6.07) is 5.65. The zero-order valence-electron chi connectivity index (χ0n) is 8.31. The normalized spacial score (nSPS) is 9.86. The van der Waals surface area contributed by atoms with Crippen LogP contribution in [0.15, 0.2) is 24.4 Å². The molecule has 0 unspecified atom stereocenters. The van der Waals surface area contributed by atoms with E-state index in [4.69, 9.17) is 5.73 Å². The lowest BCUT2D eigenvalue weighted by Gasteiger charge is -2.15. The van der Waals surface area contributed by atoms with E-state index in [2.05, 4.69) is 4.98 Å². The van der Waals surface area contributed by atoms with E-state index in [0.29, 0.717) is 19.5 Å². The third-order valence-corrected chi connectivity index (χ3v) is 1.91. The summed E-state index contributed by atoms with van der Waals surface area (Å²) in [5.74, 6) is 0.0538. The topological polar surface area (TPSA) is 59.2 Å². The minimum Gasteiger partial charge on any atom is -0.340 e. The molecule has 1 heterocycles. The first kappa shape index (κ1) is 10.7. The van der Waals surface area contributed by atoms with Crippen molar-refractivity contribution in [2.45, 2.75) is 13.0 Å². The number of pyridine rings is 1. The van der Waals surface area contributed by atoms with Gasteiger partial charge in [-0.05, 0) is 12.1 Å². The molecule has 1 rings (SSSR count). The molecule has 2 N–H and O–H groups in total. The molecule has 1 amide bonds. The van der Waals surface area contributed by atoms with Crippen LogP contribution in [0.5, 0.6) is 0 Å². The monoisotopic (exact) mass is 193 g/mol. The van der Waals surface area contributed by atoms with Gasteiger partial charge in [-0.15, -0.1) is 0 Å². The Morgan fingerprint density at radius 3 is 2.93 bits per heavy atom. The summed E-state index contributed by atoms with van der Waals surface area (Å²) in [5.41, 5.74) is 6.19. The van der Waals surface area contributed by atoms with E-state index in [-0.39, 0.29) is 5.91 Å². The molecule has 0 radical (unpaired) electrons. The molecule has 0 aromatic carbocycles. The average Bonchev–Trinajstić information content (AvgIpc) is 2.19. The third kappa shape index (κ3) is 3.14. The highest BCUT2D eigenvalue weighted by Gasteiger charge is 2.07. The molecule has 1 aromatic rings. The molecule has 0 aliphatic rings. The molecule has 0 aliphatic heterocycles. The van der Waals surface area contributed by atoms with Crippen LogP contribution < -0.4 is 5.73 Å². The summed E-state index contributed by atoms with van der Waals surface area (Å²) in [7, 11) is 1.76. The summed E-state index contributed by atoms with van der Waals surface area (Å²) in [4.78, 5) is 17.1. The summed E-state index contributed by atoms with van der Waals surface area (Å²) < 4.78 is 0. The van der Waals surface area contributed by atoms with Crippen molar-refractivity contribution in [1.82, 2.24) is 9.88 Å². The molecule has 0 atom stereocenters. The number of rotatable bonds is 4. The fraction of sp³-hybridized carbons (Fsp3) is 0.400. The SMILES string of the molecule is CN(Cc1ccccn1)C(=O)CCN. The second kappa shape index (κ2) is 5.34. The first-order valence-electron chi connectivity index (χ1n) is 4.58. The summed E-state index contributed by atoms with van der Waals surface area (Å²) in [5, 5.41) is 0. The lowest BCUT2D eigenvalue weighted by atomic mass is 10.3. The Hall–Kier alpha value is -1.42. The Balaban J connectivity index is 2.49. The summed E-state index contributed by atoms with van der Waals surface area (Å²) in [6.07, 6.45) is 2.11. The van der Waals surface area contributed by atoms with Crippen LogP contribution in [0, 0.1) is 0 Å². The van der Waals surface area contributed by atoms with Gasteiger partial charge < -0.3 is 10.6 Å². The number of hydrogen-bond donors (Lipinski definition) is 1. The maximum atomic E-state index is 11.4. The van der Waals surface area contributed by atoms with Crippen LogP contribution in [0.1, 0.15) is 12.1 Å². The maximum absolute atomic E-state index is 11.4. The predicted molar refractivity (Wildman–Crippen MR) is 54.4 cm³/mol. The van der Waals surface area contributed by atoms with Crippen LogP contribution in [0.3, 0.4) is 0 Å². The van der Waals surface area contributed by atoms with Crippen LogP contribution in [-0.2, 0) is 11.3 Å². The molecule has 0 saturated heterocycles. The van der Waals surface area contributed by atoms with Gasteiger partial charge in [-0.25, -0.2) is 0 Å². The van der Waals surface area contributed by atoms with E-state index in [1.165, 1.54) is 0 Å². The van der Waals surface area contributed by atoms with Crippen LogP contribution in [-0.4, -0.2) is 29.4 Å². The highest BCUT2D eigenvalue weighted by molar-refractivity contribution is 5.75. The van der Waals surface area contributed by atoms with Gasteiger partial charge in [-0.1, -0.05) is 6.07 Å². The van der Waals surface area contributed by atoms with Crippen molar-refractivity contribution in [3.63, 3.8) is 0 Å². The predicted octanol–water partition coefficient (Wildman–Crippen LogP) is 0.389.